The number of rotatable bonds is 5. The van der Waals surface area contributed by atoms with Crippen molar-refractivity contribution < 1.29 is 19.8 Å². The maximum absolute atomic E-state index is 11.6. The molecular weight excluding hydrogens is 238 g/mol. The molecule has 3 N–H and O–H groups in total. The Morgan fingerprint density at radius 1 is 1.44 bits per heavy atom. The first-order valence-electron chi connectivity index (χ1n) is 5.24. The van der Waals surface area contributed by atoms with Gasteiger partial charge in [0.25, 0.3) is 5.91 Å². The Labute approximate surface area is 104 Å². The molecule has 0 saturated heterocycles. The van der Waals surface area contributed by atoms with Crippen molar-refractivity contribution in [2.75, 3.05) is 25.5 Å². The Morgan fingerprint density at radius 3 is 2.56 bits per heavy atom. The predicted octanol–water partition coefficient (Wildman–Crippen LogP) is -0.677. The van der Waals surface area contributed by atoms with Gasteiger partial charge in [0.15, 0.2) is 6.10 Å². The van der Waals surface area contributed by atoms with E-state index in [9.17, 15) is 9.59 Å². The Kier molecular flexibility index (Phi) is 4.61. The molecule has 0 fully saturated rings. The van der Waals surface area contributed by atoms with Crippen LogP contribution in [0.25, 0.3) is 0 Å². The molecule has 1 aromatic rings. The molecule has 1 rings (SSSR count). The summed E-state index contributed by atoms with van der Waals surface area (Å²) in [5.41, 5.74) is 0.304. The summed E-state index contributed by atoms with van der Waals surface area (Å²) in [6.45, 7) is -0.344. The van der Waals surface area contributed by atoms with Gasteiger partial charge in [0.1, 0.15) is 5.82 Å². The fraction of sp³-hybridized carbons (Fsp3) is 0.364. The van der Waals surface area contributed by atoms with Crippen LogP contribution in [0, 0.1) is 0 Å². The molecule has 1 aromatic heterocycles. The standard InChI is InChI=1S/C11H15N3O4/c1-14(2)9-4-3-7(5-12-9)10(16)13-6-8(15)11(17)18/h3-5,8,15H,6H2,1-2H3,(H,13,16)(H,17,18)/t8-/m0/s1. The molecule has 18 heavy (non-hydrogen) atoms. The highest BCUT2D eigenvalue weighted by atomic mass is 16.4. The third-order valence-electron chi connectivity index (χ3n) is 2.21. The highest BCUT2D eigenvalue weighted by Crippen LogP contribution is 2.07. The van der Waals surface area contributed by atoms with Crippen LogP contribution in [-0.2, 0) is 4.79 Å². The van der Waals surface area contributed by atoms with Crippen LogP contribution in [0.4, 0.5) is 5.82 Å². The average Bonchev–Trinajstić information content (AvgIpc) is 2.35. The lowest BCUT2D eigenvalue weighted by Gasteiger charge is -2.11. The number of carboxylic acid groups (broad SMARTS) is 1. The van der Waals surface area contributed by atoms with Gasteiger partial charge in [-0.25, -0.2) is 9.78 Å². The first kappa shape index (κ1) is 13.9. The molecular formula is C11H15N3O4. The minimum Gasteiger partial charge on any atom is -0.479 e. The molecule has 1 amide bonds. The summed E-state index contributed by atoms with van der Waals surface area (Å²) in [6.07, 6.45) is -0.222. The van der Waals surface area contributed by atoms with Crippen molar-refractivity contribution in [3.63, 3.8) is 0 Å². The zero-order valence-corrected chi connectivity index (χ0v) is 10.1. The quantitative estimate of drug-likeness (QED) is 0.642. The van der Waals surface area contributed by atoms with Gasteiger partial charge < -0.3 is 20.4 Å². The number of pyridine rings is 1. The first-order valence-corrected chi connectivity index (χ1v) is 5.24. The average molecular weight is 253 g/mol. The molecule has 7 heteroatoms. The highest BCUT2D eigenvalue weighted by Gasteiger charge is 2.15. The smallest absolute Gasteiger partial charge is 0.334 e. The summed E-state index contributed by atoms with van der Waals surface area (Å²) in [5.74, 6) is -1.15. The molecule has 0 radical (unpaired) electrons. The van der Waals surface area contributed by atoms with Crippen LogP contribution in [0.3, 0.4) is 0 Å². The number of nitrogens with one attached hydrogen (secondary N) is 1. The van der Waals surface area contributed by atoms with Crippen molar-refractivity contribution in [3.05, 3.63) is 23.9 Å². The van der Waals surface area contributed by atoms with Gasteiger partial charge in [-0.05, 0) is 12.1 Å². The van der Waals surface area contributed by atoms with Crippen molar-refractivity contribution in [2.24, 2.45) is 0 Å². The molecule has 0 aromatic carbocycles. The van der Waals surface area contributed by atoms with E-state index in [-0.39, 0.29) is 6.54 Å². The topological polar surface area (TPSA) is 103 Å². The third-order valence-corrected chi connectivity index (χ3v) is 2.21. The van der Waals surface area contributed by atoms with Gasteiger partial charge in [0.05, 0.1) is 12.1 Å². The summed E-state index contributed by atoms with van der Waals surface area (Å²) >= 11 is 0. The van der Waals surface area contributed by atoms with Gasteiger partial charge in [-0.3, -0.25) is 4.79 Å². The van der Waals surface area contributed by atoms with Crippen LogP contribution in [0.2, 0.25) is 0 Å². The number of carbonyl (C=O) groups is 2. The van der Waals surface area contributed by atoms with Gasteiger partial charge in [-0.2, -0.15) is 0 Å². The van der Waals surface area contributed by atoms with Crippen molar-refractivity contribution in [2.45, 2.75) is 6.10 Å². The van der Waals surface area contributed by atoms with Crippen molar-refractivity contribution in [3.8, 4) is 0 Å². The Balaban J connectivity index is 2.59. The number of anilines is 1. The fourth-order valence-corrected chi connectivity index (χ4v) is 1.16. The molecule has 0 aliphatic rings. The lowest BCUT2D eigenvalue weighted by atomic mass is 10.2. The predicted molar refractivity (Wildman–Crippen MR) is 64.5 cm³/mol. The van der Waals surface area contributed by atoms with Gasteiger partial charge >= 0.3 is 5.97 Å². The van der Waals surface area contributed by atoms with Crippen molar-refractivity contribution in [1.82, 2.24) is 10.3 Å². The van der Waals surface area contributed by atoms with E-state index in [1.807, 2.05) is 14.1 Å². The molecule has 0 aliphatic carbocycles. The van der Waals surface area contributed by atoms with E-state index in [1.165, 1.54) is 6.20 Å². The van der Waals surface area contributed by atoms with Crippen LogP contribution in [-0.4, -0.2) is 53.8 Å². The number of carboxylic acids is 1. The second-order valence-electron chi connectivity index (χ2n) is 3.86. The summed E-state index contributed by atoms with van der Waals surface area (Å²) in [5, 5.41) is 19.8. The lowest BCUT2D eigenvalue weighted by molar-refractivity contribution is -0.146. The lowest BCUT2D eigenvalue weighted by Crippen LogP contribution is -2.36. The van der Waals surface area contributed by atoms with E-state index in [0.717, 1.165) is 0 Å². The number of aromatic nitrogens is 1. The number of nitrogens with zero attached hydrogens (tertiary/aromatic N) is 2. The van der Waals surface area contributed by atoms with E-state index < -0.39 is 18.0 Å². The molecule has 1 atom stereocenters. The van der Waals surface area contributed by atoms with E-state index in [4.69, 9.17) is 10.2 Å². The van der Waals surface area contributed by atoms with E-state index in [2.05, 4.69) is 10.3 Å². The van der Waals surface area contributed by atoms with Gasteiger partial charge in [0, 0.05) is 20.3 Å². The summed E-state index contributed by atoms with van der Waals surface area (Å²) in [4.78, 5) is 27.8. The summed E-state index contributed by atoms with van der Waals surface area (Å²) in [7, 11) is 3.65. The zero-order chi connectivity index (χ0) is 13.7. The highest BCUT2D eigenvalue weighted by molar-refractivity contribution is 5.94. The normalized spacial score (nSPS) is 11.7. The largest absolute Gasteiger partial charge is 0.479 e. The second kappa shape index (κ2) is 5.97. The number of hydrogen-bond donors (Lipinski definition) is 3. The van der Waals surface area contributed by atoms with E-state index in [1.54, 1.807) is 17.0 Å². The number of aliphatic carboxylic acids is 1. The van der Waals surface area contributed by atoms with E-state index >= 15 is 0 Å². The number of hydrogen-bond acceptors (Lipinski definition) is 5. The SMILES string of the molecule is CN(C)c1ccc(C(=O)NC[C@H](O)C(=O)O)cn1. The fourth-order valence-electron chi connectivity index (χ4n) is 1.16. The Bertz CT molecular complexity index is 430. The van der Waals surface area contributed by atoms with Crippen LogP contribution in [0.1, 0.15) is 10.4 Å². The maximum atomic E-state index is 11.6. The number of aliphatic hydroxyl groups is 1. The maximum Gasteiger partial charge on any atom is 0.334 e. The Hall–Kier alpha value is -2.15. The van der Waals surface area contributed by atoms with Crippen LogP contribution < -0.4 is 10.2 Å². The second-order valence-corrected chi connectivity index (χ2v) is 3.86. The summed E-state index contributed by atoms with van der Waals surface area (Å²) in [6, 6.07) is 3.24. The molecule has 0 unspecified atom stereocenters. The first-order chi connectivity index (χ1) is 8.41. The third kappa shape index (κ3) is 3.70. The molecule has 0 spiro atoms. The van der Waals surface area contributed by atoms with Crippen molar-refractivity contribution >= 4 is 17.7 Å². The molecule has 0 bridgehead atoms. The molecule has 0 saturated carbocycles. The molecule has 7 nitrogen and oxygen atoms in total. The number of aliphatic hydroxyl groups excluding tert-OH is 1. The Morgan fingerprint density at radius 2 is 2.11 bits per heavy atom. The van der Waals surface area contributed by atoms with Crippen molar-refractivity contribution in [1.29, 1.82) is 0 Å². The van der Waals surface area contributed by atoms with Crippen LogP contribution >= 0.6 is 0 Å². The molecule has 1 heterocycles. The minimum atomic E-state index is -1.61. The van der Waals surface area contributed by atoms with E-state index in [0.29, 0.717) is 11.4 Å². The van der Waals surface area contributed by atoms with Crippen LogP contribution in [0.15, 0.2) is 18.3 Å². The van der Waals surface area contributed by atoms with Gasteiger partial charge in [-0.1, -0.05) is 0 Å². The minimum absolute atomic E-state index is 0.304. The number of amides is 1. The number of carbonyl (C=O) groups excluding carboxylic acids is 1. The van der Waals surface area contributed by atoms with Gasteiger partial charge in [-0.15, -0.1) is 0 Å². The molecule has 98 valence electrons. The van der Waals surface area contributed by atoms with Crippen LogP contribution in [0.5, 0.6) is 0 Å². The summed E-state index contributed by atoms with van der Waals surface area (Å²) < 4.78 is 0. The van der Waals surface area contributed by atoms with Gasteiger partial charge in [0.2, 0.25) is 0 Å². The molecule has 0 aliphatic heterocycles. The zero-order valence-electron chi connectivity index (χ0n) is 10.1. The monoisotopic (exact) mass is 253 g/mol.